The van der Waals surface area contributed by atoms with Crippen molar-refractivity contribution in [1.82, 2.24) is 0 Å². The molecule has 14 heavy (non-hydrogen) atoms. The Balaban J connectivity index is 2.85. The van der Waals surface area contributed by atoms with Crippen LogP contribution in [0.15, 0.2) is 29.2 Å². The number of thioether (sulfide) groups is 1. The molecule has 1 aromatic rings. The first kappa shape index (κ1) is 11.6. The Morgan fingerprint density at radius 3 is 2.64 bits per heavy atom. The van der Waals surface area contributed by atoms with Crippen LogP contribution in [0.25, 0.3) is 0 Å². The van der Waals surface area contributed by atoms with Gasteiger partial charge in [-0.2, -0.15) is 0 Å². The molecule has 78 valence electrons. The van der Waals surface area contributed by atoms with E-state index in [4.69, 9.17) is 10.8 Å². The zero-order valence-electron chi connectivity index (χ0n) is 8.66. The van der Waals surface area contributed by atoms with Crippen LogP contribution in [0.5, 0.6) is 0 Å². The first-order valence-corrected chi connectivity index (χ1v) is 5.83. The molecular weight excluding hydrogens is 194 g/mol. The summed E-state index contributed by atoms with van der Waals surface area (Å²) in [5.74, 6) is 0. The molecule has 0 saturated heterocycles. The average Bonchev–Trinajstić information content (AvgIpc) is 2.18. The van der Waals surface area contributed by atoms with Crippen LogP contribution < -0.4 is 5.73 Å². The minimum atomic E-state index is -0.522. The van der Waals surface area contributed by atoms with Gasteiger partial charge >= 0.3 is 0 Å². The van der Waals surface area contributed by atoms with Gasteiger partial charge in [0.15, 0.2) is 0 Å². The lowest BCUT2D eigenvalue weighted by Gasteiger charge is -2.22. The standard InChI is InChI=1S/C11H17NOS/c1-11(12,8-13)7-9-5-3-4-6-10(9)14-2/h3-6,13H,7-8,12H2,1-2H3. The number of benzene rings is 1. The van der Waals surface area contributed by atoms with E-state index in [9.17, 15) is 0 Å². The van der Waals surface area contributed by atoms with Crippen LogP contribution in [0.4, 0.5) is 0 Å². The molecule has 3 heteroatoms. The van der Waals surface area contributed by atoms with E-state index in [2.05, 4.69) is 12.1 Å². The van der Waals surface area contributed by atoms with Gasteiger partial charge in [0.2, 0.25) is 0 Å². The molecule has 0 fully saturated rings. The van der Waals surface area contributed by atoms with Crippen LogP contribution in [0.3, 0.4) is 0 Å². The third kappa shape index (κ3) is 3.01. The van der Waals surface area contributed by atoms with Crippen molar-refractivity contribution in [2.24, 2.45) is 5.73 Å². The van der Waals surface area contributed by atoms with E-state index in [0.29, 0.717) is 6.42 Å². The predicted molar refractivity (Wildman–Crippen MR) is 61.6 cm³/mol. The van der Waals surface area contributed by atoms with Gasteiger partial charge in [-0.05, 0) is 31.2 Å². The van der Waals surface area contributed by atoms with Gasteiger partial charge in [-0.1, -0.05) is 18.2 Å². The van der Waals surface area contributed by atoms with Crippen molar-refractivity contribution in [3.8, 4) is 0 Å². The summed E-state index contributed by atoms with van der Waals surface area (Å²) in [6.07, 6.45) is 2.76. The monoisotopic (exact) mass is 211 g/mol. The fourth-order valence-electron chi connectivity index (χ4n) is 1.34. The zero-order valence-corrected chi connectivity index (χ0v) is 9.47. The highest BCUT2D eigenvalue weighted by atomic mass is 32.2. The van der Waals surface area contributed by atoms with Crippen LogP contribution in [-0.4, -0.2) is 23.5 Å². The van der Waals surface area contributed by atoms with Crippen molar-refractivity contribution in [3.63, 3.8) is 0 Å². The van der Waals surface area contributed by atoms with Gasteiger partial charge in [0.1, 0.15) is 0 Å². The van der Waals surface area contributed by atoms with Crippen molar-refractivity contribution in [1.29, 1.82) is 0 Å². The van der Waals surface area contributed by atoms with Crippen LogP contribution >= 0.6 is 11.8 Å². The Labute approximate surface area is 89.5 Å². The summed E-state index contributed by atoms with van der Waals surface area (Å²) in [4.78, 5) is 1.23. The number of aliphatic hydroxyl groups excluding tert-OH is 1. The first-order valence-electron chi connectivity index (χ1n) is 4.61. The van der Waals surface area contributed by atoms with Crippen molar-refractivity contribution in [2.45, 2.75) is 23.8 Å². The molecule has 2 nitrogen and oxygen atoms in total. The van der Waals surface area contributed by atoms with E-state index in [-0.39, 0.29) is 6.61 Å². The Morgan fingerprint density at radius 2 is 2.07 bits per heavy atom. The van der Waals surface area contributed by atoms with Crippen molar-refractivity contribution in [2.75, 3.05) is 12.9 Å². The lowest BCUT2D eigenvalue weighted by Crippen LogP contribution is -2.42. The minimum absolute atomic E-state index is 0.00964. The molecule has 1 unspecified atom stereocenters. The van der Waals surface area contributed by atoms with E-state index >= 15 is 0 Å². The van der Waals surface area contributed by atoms with Gasteiger partial charge < -0.3 is 10.8 Å². The van der Waals surface area contributed by atoms with Crippen LogP contribution in [0.1, 0.15) is 12.5 Å². The quantitative estimate of drug-likeness (QED) is 0.745. The van der Waals surface area contributed by atoms with Crippen LogP contribution in [0.2, 0.25) is 0 Å². The van der Waals surface area contributed by atoms with E-state index < -0.39 is 5.54 Å². The van der Waals surface area contributed by atoms with Crippen LogP contribution in [-0.2, 0) is 6.42 Å². The minimum Gasteiger partial charge on any atom is -0.394 e. The Kier molecular flexibility index (Phi) is 3.98. The summed E-state index contributed by atoms with van der Waals surface area (Å²) < 4.78 is 0. The van der Waals surface area contributed by atoms with E-state index in [0.717, 1.165) is 0 Å². The SMILES string of the molecule is CSc1ccccc1CC(C)(N)CO. The molecule has 0 heterocycles. The lowest BCUT2D eigenvalue weighted by molar-refractivity contribution is 0.207. The third-order valence-electron chi connectivity index (χ3n) is 2.15. The van der Waals surface area contributed by atoms with Gasteiger partial charge in [-0.15, -0.1) is 11.8 Å². The van der Waals surface area contributed by atoms with E-state index in [1.807, 2.05) is 25.3 Å². The topological polar surface area (TPSA) is 46.2 Å². The zero-order chi connectivity index (χ0) is 10.6. The second-order valence-corrected chi connectivity index (χ2v) is 4.65. The van der Waals surface area contributed by atoms with Crippen molar-refractivity contribution >= 4 is 11.8 Å². The highest BCUT2D eigenvalue weighted by molar-refractivity contribution is 7.98. The summed E-state index contributed by atoms with van der Waals surface area (Å²) in [5, 5.41) is 9.09. The van der Waals surface area contributed by atoms with Crippen molar-refractivity contribution < 1.29 is 5.11 Å². The molecule has 0 spiro atoms. The highest BCUT2D eigenvalue weighted by Crippen LogP contribution is 2.22. The number of hydrogen-bond acceptors (Lipinski definition) is 3. The molecular formula is C11H17NOS. The second kappa shape index (κ2) is 4.82. The Bertz CT molecular complexity index is 299. The normalized spacial score (nSPS) is 15.1. The Morgan fingerprint density at radius 1 is 1.43 bits per heavy atom. The molecule has 0 aliphatic heterocycles. The number of rotatable bonds is 4. The molecule has 0 aliphatic carbocycles. The van der Waals surface area contributed by atoms with Gasteiger partial charge in [-0.3, -0.25) is 0 Å². The van der Waals surface area contributed by atoms with E-state index in [1.54, 1.807) is 11.8 Å². The maximum absolute atomic E-state index is 9.09. The van der Waals surface area contributed by atoms with Gasteiger partial charge in [-0.25, -0.2) is 0 Å². The van der Waals surface area contributed by atoms with Gasteiger partial charge in [0, 0.05) is 10.4 Å². The molecule has 0 bridgehead atoms. The molecule has 1 aromatic carbocycles. The fourth-order valence-corrected chi connectivity index (χ4v) is 1.96. The fraction of sp³-hybridized carbons (Fsp3) is 0.455. The van der Waals surface area contributed by atoms with Crippen LogP contribution in [0, 0.1) is 0 Å². The molecule has 0 radical (unpaired) electrons. The van der Waals surface area contributed by atoms with Crippen molar-refractivity contribution in [3.05, 3.63) is 29.8 Å². The number of hydrogen-bond donors (Lipinski definition) is 2. The first-order chi connectivity index (χ1) is 6.59. The average molecular weight is 211 g/mol. The maximum Gasteiger partial charge on any atom is 0.0611 e. The highest BCUT2D eigenvalue weighted by Gasteiger charge is 2.18. The molecule has 3 N–H and O–H groups in total. The molecule has 0 saturated carbocycles. The predicted octanol–water partition coefficient (Wildman–Crippen LogP) is 1.66. The molecule has 0 aliphatic rings. The molecule has 1 atom stereocenters. The summed E-state index contributed by atoms with van der Waals surface area (Å²) in [7, 11) is 0. The smallest absolute Gasteiger partial charge is 0.0611 e. The lowest BCUT2D eigenvalue weighted by atomic mass is 9.95. The van der Waals surface area contributed by atoms with Gasteiger partial charge in [0.05, 0.1) is 6.61 Å². The largest absolute Gasteiger partial charge is 0.394 e. The maximum atomic E-state index is 9.09. The summed E-state index contributed by atoms with van der Waals surface area (Å²) >= 11 is 1.71. The van der Waals surface area contributed by atoms with E-state index in [1.165, 1.54) is 10.5 Å². The number of aliphatic hydroxyl groups is 1. The Hall–Kier alpha value is -0.510. The summed E-state index contributed by atoms with van der Waals surface area (Å²) in [5.41, 5.74) is 6.60. The molecule has 0 amide bonds. The number of nitrogens with two attached hydrogens (primary N) is 1. The molecule has 1 rings (SSSR count). The molecule has 0 aromatic heterocycles. The summed E-state index contributed by atoms with van der Waals surface area (Å²) in [6.45, 7) is 1.87. The third-order valence-corrected chi connectivity index (χ3v) is 2.99. The summed E-state index contributed by atoms with van der Waals surface area (Å²) in [6, 6.07) is 8.16. The van der Waals surface area contributed by atoms with Gasteiger partial charge in [0.25, 0.3) is 0 Å². The second-order valence-electron chi connectivity index (χ2n) is 3.80.